The van der Waals surface area contributed by atoms with Crippen molar-refractivity contribution in [2.24, 2.45) is 0 Å². The Morgan fingerprint density at radius 3 is 2.69 bits per heavy atom. The lowest BCUT2D eigenvalue weighted by Gasteiger charge is -2.01. The smallest absolute Gasteiger partial charge is 0.338 e. The van der Waals surface area contributed by atoms with Crippen molar-refractivity contribution in [1.82, 2.24) is 10.1 Å². The minimum absolute atomic E-state index is 0.0779. The molecule has 0 radical (unpaired) electrons. The first-order valence-corrected chi connectivity index (χ1v) is 7.90. The van der Waals surface area contributed by atoms with E-state index in [0.29, 0.717) is 5.82 Å². The van der Waals surface area contributed by atoms with Gasteiger partial charge in [-0.2, -0.15) is 4.98 Å². The first kappa shape index (κ1) is 17.3. The van der Waals surface area contributed by atoms with Crippen LogP contribution >= 0.6 is 0 Å². The highest BCUT2D eigenvalue weighted by Crippen LogP contribution is 2.18. The molecule has 8 nitrogen and oxygen atoms in total. The molecule has 0 amide bonds. The molecule has 1 heterocycles. The maximum Gasteiger partial charge on any atom is 0.338 e. The summed E-state index contributed by atoms with van der Waals surface area (Å²) >= 11 is 0. The Balaban J connectivity index is 1.65. The van der Waals surface area contributed by atoms with E-state index in [-0.39, 0.29) is 23.7 Å². The van der Waals surface area contributed by atoms with Crippen molar-refractivity contribution in [2.75, 3.05) is 0 Å². The van der Waals surface area contributed by atoms with Crippen LogP contribution in [0.15, 0.2) is 53.1 Å². The van der Waals surface area contributed by atoms with Crippen LogP contribution in [0.4, 0.5) is 5.69 Å². The number of carbonyl (C=O) groups is 1. The topological polar surface area (TPSA) is 108 Å². The molecule has 0 atom stereocenters. The van der Waals surface area contributed by atoms with E-state index in [1.54, 1.807) is 0 Å². The van der Waals surface area contributed by atoms with Crippen molar-refractivity contribution in [1.29, 1.82) is 0 Å². The van der Waals surface area contributed by atoms with Gasteiger partial charge in [0.2, 0.25) is 5.82 Å². The van der Waals surface area contributed by atoms with Crippen molar-refractivity contribution < 1.29 is 19.0 Å². The fraction of sp³-hybridized carbons (Fsp3) is 0.167. The Morgan fingerprint density at radius 1 is 1.23 bits per heavy atom. The van der Waals surface area contributed by atoms with Gasteiger partial charge in [-0.1, -0.05) is 42.4 Å². The number of nitro benzene ring substituents is 1. The molecule has 0 saturated carbocycles. The first-order valence-electron chi connectivity index (χ1n) is 7.90. The van der Waals surface area contributed by atoms with Gasteiger partial charge in [0.1, 0.15) is 0 Å². The average molecular weight is 353 g/mol. The number of carbonyl (C=O) groups excluding carboxylic acids is 1. The van der Waals surface area contributed by atoms with Gasteiger partial charge in [0.05, 0.1) is 10.5 Å². The third kappa shape index (κ3) is 3.92. The van der Waals surface area contributed by atoms with Gasteiger partial charge in [-0.25, -0.2) is 4.79 Å². The second kappa shape index (κ2) is 7.56. The first-order chi connectivity index (χ1) is 12.6. The molecule has 0 fully saturated rings. The van der Waals surface area contributed by atoms with Crippen LogP contribution in [0.25, 0.3) is 11.4 Å². The minimum atomic E-state index is -0.708. The van der Waals surface area contributed by atoms with Crippen molar-refractivity contribution in [3.8, 4) is 11.4 Å². The number of aromatic nitrogens is 2. The van der Waals surface area contributed by atoms with Gasteiger partial charge >= 0.3 is 5.97 Å². The zero-order chi connectivity index (χ0) is 18.5. The molecule has 8 heteroatoms. The molecule has 2 aromatic carbocycles. The summed E-state index contributed by atoms with van der Waals surface area (Å²) in [5.41, 5.74) is 1.88. The second-order valence-electron chi connectivity index (χ2n) is 5.45. The Labute approximate surface area is 148 Å². The van der Waals surface area contributed by atoms with Crippen LogP contribution in [-0.2, 0) is 17.8 Å². The summed E-state index contributed by atoms with van der Waals surface area (Å²) < 4.78 is 10.2. The van der Waals surface area contributed by atoms with Gasteiger partial charge in [-0.15, -0.1) is 0 Å². The summed E-state index contributed by atoms with van der Waals surface area (Å²) in [6.07, 6.45) is 0.936. The fourth-order valence-corrected chi connectivity index (χ4v) is 2.28. The maximum absolute atomic E-state index is 12.0. The standard InChI is InChI=1S/C18H15N3O5/c1-2-12-6-8-13(9-7-12)17-19-16(26-20-17)11-25-18(22)14-4-3-5-15(10-14)21(23)24/h3-10H,2,11H2,1H3. The summed E-state index contributed by atoms with van der Waals surface area (Å²) in [5, 5.41) is 14.6. The Hall–Kier alpha value is -3.55. The lowest BCUT2D eigenvalue weighted by Crippen LogP contribution is -2.06. The molecule has 132 valence electrons. The number of nitro groups is 1. The van der Waals surface area contributed by atoms with Crippen LogP contribution in [0.3, 0.4) is 0 Å². The van der Waals surface area contributed by atoms with Crippen LogP contribution < -0.4 is 0 Å². The predicted octanol–water partition coefficient (Wildman–Crippen LogP) is 3.56. The average Bonchev–Trinajstić information content (AvgIpc) is 3.15. The molecule has 0 aliphatic heterocycles. The number of nitrogens with zero attached hydrogens (tertiary/aromatic N) is 3. The number of non-ortho nitro benzene ring substituents is 1. The van der Waals surface area contributed by atoms with Gasteiger partial charge in [-0.3, -0.25) is 10.1 Å². The molecule has 26 heavy (non-hydrogen) atoms. The molecule has 3 aromatic rings. The second-order valence-corrected chi connectivity index (χ2v) is 5.45. The number of benzene rings is 2. The third-order valence-corrected chi connectivity index (χ3v) is 3.71. The summed E-state index contributed by atoms with van der Waals surface area (Å²) in [6.45, 7) is 1.85. The van der Waals surface area contributed by atoms with E-state index in [1.165, 1.54) is 23.8 Å². The lowest BCUT2D eigenvalue weighted by atomic mass is 10.1. The van der Waals surface area contributed by atoms with E-state index < -0.39 is 10.9 Å². The maximum atomic E-state index is 12.0. The number of hydrogen-bond donors (Lipinski definition) is 0. The number of ether oxygens (including phenoxy) is 1. The third-order valence-electron chi connectivity index (χ3n) is 3.71. The highest BCUT2D eigenvalue weighted by Gasteiger charge is 2.15. The molecule has 0 spiro atoms. The highest BCUT2D eigenvalue weighted by molar-refractivity contribution is 5.90. The molecule has 0 bridgehead atoms. The van der Waals surface area contributed by atoms with E-state index in [4.69, 9.17) is 9.26 Å². The zero-order valence-corrected chi connectivity index (χ0v) is 13.9. The van der Waals surface area contributed by atoms with Crippen LogP contribution in [0.1, 0.15) is 28.7 Å². The van der Waals surface area contributed by atoms with E-state index in [2.05, 4.69) is 17.1 Å². The van der Waals surface area contributed by atoms with Gasteiger partial charge in [0.25, 0.3) is 11.6 Å². The minimum Gasteiger partial charge on any atom is -0.452 e. The fourth-order valence-electron chi connectivity index (χ4n) is 2.28. The normalized spacial score (nSPS) is 10.5. The van der Waals surface area contributed by atoms with Crippen molar-refractivity contribution in [3.63, 3.8) is 0 Å². The monoisotopic (exact) mass is 353 g/mol. The molecule has 0 N–H and O–H groups in total. The predicted molar refractivity (Wildman–Crippen MR) is 91.3 cm³/mol. The van der Waals surface area contributed by atoms with Crippen molar-refractivity contribution >= 4 is 11.7 Å². The van der Waals surface area contributed by atoms with Crippen LogP contribution in [0, 0.1) is 10.1 Å². The Morgan fingerprint density at radius 2 is 2.00 bits per heavy atom. The molecule has 1 aromatic heterocycles. The van der Waals surface area contributed by atoms with Crippen LogP contribution in [0.2, 0.25) is 0 Å². The van der Waals surface area contributed by atoms with E-state index in [0.717, 1.165) is 18.1 Å². The van der Waals surface area contributed by atoms with Gasteiger partial charge in [0.15, 0.2) is 6.61 Å². The Bertz CT molecular complexity index is 934. The number of hydrogen-bond acceptors (Lipinski definition) is 7. The van der Waals surface area contributed by atoms with Gasteiger partial charge in [-0.05, 0) is 18.1 Å². The summed E-state index contributed by atoms with van der Waals surface area (Å²) in [4.78, 5) is 26.4. The van der Waals surface area contributed by atoms with Crippen LogP contribution in [-0.4, -0.2) is 21.0 Å². The largest absolute Gasteiger partial charge is 0.452 e. The van der Waals surface area contributed by atoms with Crippen LogP contribution in [0.5, 0.6) is 0 Å². The van der Waals surface area contributed by atoms with Gasteiger partial charge < -0.3 is 9.26 Å². The van der Waals surface area contributed by atoms with E-state index in [9.17, 15) is 14.9 Å². The number of rotatable bonds is 6. The molecular formula is C18H15N3O5. The highest BCUT2D eigenvalue weighted by atomic mass is 16.6. The Kier molecular flexibility index (Phi) is 5.02. The van der Waals surface area contributed by atoms with Crippen molar-refractivity contribution in [3.05, 3.63) is 75.7 Å². The summed E-state index contributed by atoms with van der Waals surface area (Å²) in [7, 11) is 0. The van der Waals surface area contributed by atoms with Crippen molar-refractivity contribution in [2.45, 2.75) is 20.0 Å². The molecule has 0 aliphatic carbocycles. The van der Waals surface area contributed by atoms with Gasteiger partial charge in [0, 0.05) is 17.7 Å². The SMILES string of the molecule is CCc1ccc(-c2noc(COC(=O)c3cccc([N+](=O)[O-])c3)n2)cc1. The number of esters is 1. The molecule has 0 aliphatic rings. The lowest BCUT2D eigenvalue weighted by molar-refractivity contribution is -0.384. The molecule has 3 rings (SSSR count). The molecule has 0 saturated heterocycles. The zero-order valence-electron chi connectivity index (χ0n) is 13.9. The summed E-state index contributed by atoms with van der Waals surface area (Å²) in [6, 6.07) is 13.0. The summed E-state index contributed by atoms with van der Waals surface area (Å²) in [5.74, 6) is -0.173. The molecular weight excluding hydrogens is 338 g/mol. The molecule has 0 unspecified atom stereocenters. The van der Waals surface area contributed by atoms with E-state index >= 15 is 0 Å². The van der Waals surface area contributed by atoms with E-state index in [1.807, 2.05) is 24.3 Å². The number of aryl methyl sites for hydroxylation is 1. The quantitative estimate of drug-likeness (QED) is 0.378.